The quantitative estimate of drug-likeness (QED) is 0.862. The van der Waals surface area contributed by atoms with E-state index in [1.807, 2.05) is 6.07 Å². The minimum Gasteiger partial charge on any atom is -0.480 e. The van der Waals surface area contributed by atoms with Crippen LogP contribution < -0.4 is 0 Å². The third-order valence-corrected chi connectivity index (χ3v) is 5.28. The summed E-state index contributed by atoms with van der Waals surface area (Å²) in [7, 11) is -3.97. The van der Waals surface area contributed by atoms with Gasteiger partial charge >= 0.3 is 5.97 Å². The van der Waals surface area contributed by atoms with Crippen LogP contribution in [0.15, 0.2) is 23.1 Å². The van der Waals surface area contributed by atoms with E-state index in [4.69, 9.17) is 10.4 Å². The van der Waals surface area contributed by atoms with Crippen LogP contribution in [0.5, 0.6) is 0 Å². The number of nitrogens with zero attached hydrogens (tertiary/aromatic N) is 2. The van der Waals surface area contributed by atoms with Crippen LogP contribution in [-0.2, 0) is 14.8 Å². The van der Waals surface area contributed by atoms with Gasteiger partial charge in [0.25, 0.3) is 0 Å². The van der Waals surface area contributed by atoms with Crippen LogP contribution in [-0.4, -0.2) is 36.4 Å². The zero-order chi connectivity index (χ0) is 16.2. The highest BCUT2D eigenvalue weighted by Gasteiger charge is 2.33. The van der Waals surface area contributed by atoms with Crippen LogP contribution in [0, 0.1) is 25.2 Å². The molecule has 1 atom stereocenters. The Hall–Kier alpha value is -1.91. The Morgan fingerprint density at radius 2 is 2.05 bits per heavy atom. The number of nitriles is 1. The molecule has 0 fully saturated rings. The lowest BCUT2D eigenvalue weighted by Gasteiger charge is -2.25. The standard InChI is InChI=1S/C14H18N2O4S/c1-10-5-6-11(2)13(9-10)21(19,20)16(8-4-7-15)12(3)14(17)18/h5-6,9,12H,4,8H2,1-3H3,(H,17,18). The van der Waals surface area contributed by atoms with Crippen molar-refractivity contribution in [1.82, 2.24) is 4.31 Å². The van der Waals surface area contributed by atoms with E-state index >= 15 is 0 Å². The summed E-state index contributed by atoms with van der Waals surface area (Å²) in [5.41, 5.74) is 1.31. The molecule has 21 heavy (non-hydrogen) atoms. The summed E-state index contributed by atoms with van der Waals surface area (Å²) < 4.78 is 26.3. The number of carbonyl (C=O) groups is 1. The molecular weight excluding hydrogens is 292 g/mol. The Balaban J connectivity index is 3.36. The number of carboxylic acid groups (broad SMARTS) is 1. The summed E-state index contributed by atoms with van der Waals surface area (Å²) in [5, 5.41) is 17.7. The lowest BCUT2D eigenvalue weighted by molar-refractivity contribution is -0.140. The van der Waals surface area contributed by atoms with Gasteiger partial charge in [0.15, 0.2) is 0 Å². The predicted molar refractivity (Wildman–Crippen MR) is 77.1 cm³/mol. The van der Waals surface area contributed by atoms with Crippen LogP contribution in [0.4, 0.5) is 0 Å². The molecule has 0 amide bonds. The number of hydrogen-bond acceptors (Lipinski definition) is 4. The van der Waals surface area contributed by atoms with Gasteiger partial charge in [-0.05, 0) is 38.0 Å². The summed E-state index contributed by atoms with van der Waals surface area (Å²) in [6, 6.07) is 5.58. The van der Waals surface area contributed by atoms with Crippen molar-refractivity contribution in [1.29, 1.82) is 5.26 Å². The molecule has 0 heterocycles. The lowest BCUT2D eigenvalue weighted by Crippen LogP contribution is -2.43. The second kappa shape index (κ2) is 6.70. The smallest absolute Gasteiger partial charge is 0.321 e. The number of benzene rings is 1. The summed E-state index contributed by atoms with van der Waals surface area (Å²) in [6.45, 7) is 4.56. The van der Waals surface area contributed by atoms with Crippen LogP contribution in [0.1, 0.15) is 24.5 Å². The van der Waals surface area contributed by atoms with Crippen LogP contribution in [0.25, 0.3) is 0 Å². The molecule has 0 saturated heterocycles. The molecule has 0 saturated carbocycles. The first-order chi connectivity index (χ1) is 9.71. The molecule has 1 unspecified atom stereocenters. The zero-order valence-corrected chi connectivity index (χ0v) is 13.0. The zero-order valence-electron chi connectivity index (χ0n) is 12.2. The maximum absolute atomic E-state index is 12.7. The topological polar surface area (TPSA) is 98.5 Å². The molecule has 7 heteroatoms. The van der Waals surface area contributed by atoms with E-state index in [0.717, 1.165) is 9.87 Å². The Kier molecular flexibility index (Phi) is 5.47. The first-order valence-corrected chi connectivity index (χ1v) is 7.84. The van der Waals surface area contributed by atoms with Crippen molar-refractivity contribution in [2.45, 2.75) is 38.1 Å². The number of hydrogen-bond donors (Lipinski definition) is 1. The molecule has 0 bridgehead atoms. The van der Waals surface area contributed by atoms with Gasteiger partial charge in [0.2, 0.25) is 10.0 Å². The van der Waals surface area contributed by atoms with Gasteiger partial charge in [-0.1, -0.05) is 12.1 Å². The van der Waals surface area contributed by atoms with Crippen LogP contribution in [0.2, 0.25) is 0 Å². The number of aryl methyl sites for hydroxylation is 2. The van der Waals surface area contributed by atoms with Crippen molar-refractivity contribution in [3.8, 4) is 6.07 Å². The number of sulfonamides is 1. The van der Waals surface area contributed by atoms with Crippen LogP contribution in [0.3, 0.4) is 0 Å². The molecule has 1 aromatic rings. The summed E-state index contributed by atoms with van der Waals surface area (Å²) in [5.74, 6) is -1.25. The fourth-order valence-corrected chi connectivity index (χ4v) is 3.82. The molecular formula is C14H18N2O4S. The predicted octanol–water partition coefficient (Wildman–Crippen LogP) is 1.68. The number of rotatable bonds is 6. The highest BCUT2D eigenvalue weighted by molar-refractivity contribution is 7.89. The first-order valence-electron chi connectivity index (χ1n) is 6.40. The first kappa shape index (κ1) is 17.1. The average molecular weight is 310 g/mol. The van der Waals surface area contributed by atoms with E-state index in [2.05, 4.69) is 0 Å². The number of aliphatic carboxylic acids is 1. The minimum atomic E-state index is -3.97. The monoisotopic (exact) mass is 310 g/mol. The van der Waals surface area contributed by atoms with Crippen molar-refractivity contribution in [2.24, 2.45) is 0 Å². The largest absolute Gasteiger partial charge is 0.480 e. The van der Waals surface area contributed by atoms with E-state index in [1.54, 1.807) is 26.0 Å². The second-order valence-electron chi connectivity index (χ2n) is 4.81. The van der Waals surface area contributed by atoms with Crippen molar-refractivity contribution in [3.63, 3.8) is 0 Å². The van der Waals surface area contributed by atoms with Gasteiger partial charge in [0.05, 0.1) is 11.0 Å². The maximum Gasteiger partial charge on any atom is 0.321 e. The van der Waals surface area contributed by atoms with Crippen LogP contribution >= 0.6 is 0 Å². The Morgan fingerprint density at radius 3 is 2.57 bits per heavy atom. The summed E-state index contributed by atoms with van der Waals surface area (Å²) >= 11 is 0. The Labute approximate surface area is 124 Å². The molecule has 1 N–H and O–H groups in total. The highest BCUT2D eigenvalue weighted by Crippen LogP contribution is 2.23. The van der Waals surface area contributed by atoms with Gasteiger partial charge in [0.1, 0.15) is 6.04 Å². The van der Waals surface area contributed by atoms with Gasteiger partial charge < -0.3 is 5.11 Å². The van der Waals surface area contributed by atoms with E-state index in [9.17, 15) is 13.2 Å². The minimum absolute atomic E-state index is 0.0677. The maximum atomic E-state index is 12.7. The fourth-order valence-electron chi connectivity index (χ4n) is 1.92. The van der Waals surface area contributed by atoms with Crippen molar-refractivity contribution in [3.05, 3.63) is 29.3 Å². The SMILES string of the molecule is Cc1ccc(C)c(S(=O)(=O)N(CCC#N)C(C)C(=O)O)c1. The Morgan fingerprint density at radius 1 is 1.43 bits per heavy atom. The molecule has 0 aliphatic heterocycles. The third kappa shape index (κ3) is 3.80. The second-order valence-corrected chi connectivity index (χ2v) is 6.67. The summed E-state index contributed by atoms with van der Waals surface area (Å²) in [4.78, 5) is 11.2. The normalized spacial score (nSPS) is 12.9. The molecule has 6 nitrogen and oxygen atoms in total. The lowest BCUT2D eigenvalue weighted by atomic mass is 10.2. The molecule has 0 aliphatic carbocycles. The van der Waals surface area contributed by atoms with Crippen molar-refractivity contribution < 1.29 is 18.3 Å². The average Bonchev–Trinajstić information content (AvgIpc) is 2.41. The number of carboxylic acids is 1. The molecule has 0 aliphatic rings. The van der Waals surface area contributed by atoms with Gasteiger partial charge in [-0.15, -0.1) is 0 Å². The van der Waals surface area contributed by atoms with Gasteiger partial charge in [-0.3, -0.25) is 4.79 Å². The molecule has 0 radical (unpaired) electrons. The Bertz CT molecular complexity index is 677. The van der Waals surface area contributed by atoms with E-state index < -0.39 is 22.0 Å². The van der Waals surface area contributed by atoms with Crippen molar-refractivity contribution in [2.75, 3.05) is 6.54 Å². The third-order valence-electron chi connectivity index (χ3n) is 3.16. The highest BCUT2D eigenvalue weighted by atomic mass is 32.2. The summed E-state index contributed by atoms with van der Waals surface area (Å²) in [6.07, 6.45) is -0.0677. The van der Waals surface area contributed by atoms with Crippen molar-refractivity contribution >= 4 is 16.0 Å². The van der Waals surface area contributed by atoms with E-state index in [-0.39, 0.29) is 17.9 Å². The fraction of sp³-hybridized carbons (Fsp3) is 0.429. The van der Waals surface area contributed by atoms with Gasteiger partial charge in [-0.25, -0.2) is 8.42 Å². The molecule has 0 aromatic heterocycles. The molecule has 114 valence electrons. The molecule has 1 aromatic carbocycles. The van der Waals surface area contributed by atoms with E-state index in [0.29, 0.717) is 5.56 Å². The van der Waals surface area contributed by atoms with E-state index in [1.165, 1.54) is 13.0 Å². The molecule has 1 rings (SSSR count). The van der Waals surface area contributed by atoms with Gasteiger partial charge in [0, 0.05) is 13.0 Å². The van der Waals surface area contributed by atoms with Gasteiger partial charge in [-0.2, -0.15) is 9.57 Å². The molecule has 0 spiro atoms.